The van der Waals surface area contributed by atoms with Crippen LogP contribution in [-0.2, 0) is 9.84 Å². The molecule has 0 fully saturated rings. The van der Waals surface area contributed by atoms with E-state index in [0.29, 0.717) is 5.58 Å². The summed E-state index contributed by atoms with van der Waals surface area (Å²) < 4.78 is 27.9. The predicted molar refractivity (Wildman–Crippen MR) is 82.3 cm³/mol. The van der Waals surface area contributed by atoms with E-state index < -0.39 is 21.8 Å². The molecule has 0 unspecified atom stereocenters. The largest absolute Gasteiger partial charge is 0.451 e. The van der Waals surface area contributed by atoms with Crippen LogP contribution in [-0.4, -0.2) is 32.4 Å². The maximum atomic E-state index is 12.1. The van der Waals surface area contributed by atoms with Crippen molar-refractivity contribution in [2.45, 2.75) is 26.8 Å². The van der Waals surface area contributed by atoms with Gasteiger partial charge in [-0.25, -0.2) is 8.42 Å². The number of amides is 1. The molecule has 21 heavy (non-hydrogen) atoms. The zero-order chi connectivity index (χ0) is 15.8. The van der Waals surface area contributed by atoms with Crippen molar-refractivity contribution in [3.05, 3.63) is 35.1 Å². The lowest BCUT2D eigenvalue weighted by Gasteiger charge is -2.11. The van der Waals surface area contributed by atoms with Crippen molar-refractivity contribution in [2.75, 3.05) is 12.0 Å². The van der Waals surface area contributed by atoms with E-state index in [2.05, 4.69) is 5.32 Å². The number of hydrogen-bond acceptors (Lipinski definition) is 4. The Hall–Kier alpha value is -1.82. The first-order valence-corrected chi connectivity index (χ1v) is 8.71. The monoisotopic (exact) mass is 309 g/mol. The molecule has 0 aliphatic carbocycles. The summed E-state index contributed by atoms with van der Waals surface area (Å²) in [6, 6.07) is 5.06. The molecule has 6 heteroatoms. The molecule has 114 valence electrons. The van der Waals surface area contributed by atoms with Crippen LogP contribution in [0.3, 0.4) is 0 Å². The van der Waals surface area contributed by atoms with E-state index in [9.17, 15) is 13.2 Å². The summed E-state index contributed by atoms with van der Waals surface area (Å²) in [6.45, 7) is 5.62. The Morgan fingerprint density at radius 3 is 2.48 bits per heavy atom. The molecule has 1 aromatic heterocycles. The van der Waals surface area contributed by atoms with Crippen molar-refractivity contribution in [3.63, 3.8) is 0 Å². The maximum Gasteiger partial charge on any atom is 0.287 e. The van der Waals surface area contributed by atoms with Crippen molar-refractivity contribution in [2.24, 2.45) is 0 Å². The van der Waals surface area contributed by atoms with Crippen LogP contribution < -0.4 is 5.32 Å². The van der Waals surface area contributed by atoms with Gasteiger partial charge in [0.25, 0.3) is 5.91 Å². The average Bonchev–Trinajstić information content (AvgIpc) is 2.70. The molecule has 2 aromatic rings. The zero-order valence-electron chi connectivity index (χ0n) is 12.6. The summed E-state index contributed by atoms with van der Waals surface area (Å²) in [7, 11) is -3.13. The van der Waals surface area contributed by atoms with Gasteiger partial charge in [0.05, 0.1) is 5.75 Å². The fraction of sp³-hybridized carbons (Fsp3) is 0.400. The normalized spacial score (nSPS) is 13.3. The lowest BCUT2D eigenvalue weighted by atomic mass is 10.1. The van der Waals surface area contributed by atoms with E-state index in [1.165, 1.54) is 0 Å². The Bertz CT molecular complexity index is 750. The zero-order valence-corrected chi connectivity index (χ0v) is 13.4. The van der Waals surface area contributed by atoms with Crippen molar-refractivity contribution in [3.8, 4) is 0 Å². The Balaban J connectivity index is 2.20. The molecular formula is C15H19NO4S. The van der Waals surface area contributed by atoms with Gasteiger partial charge in [0.15, 0.2) is 5.76 Å². The van der Waals surface area contributed by atoms with Crippen LogP contribution in [0.2, 0.25) is 0 Å². The lowest BCUT2D eigenvalue weighted by Crippen LogP contribution is -2.37. The van der Waals surface area contributed by atoms with E-state index >= 15 is 0 Å². The molecule has 0 bridgehead atoms. The van der Waals surface area contributed by atoms with E-state index in [4.69, 9.17) is 4.42 Å². The lowest BCUT2D eigenvalue weighted by molar-refractivity contribution is 0.0918. The van der Waals surface area contributed by atoms with Crippen LogP contribution in [0.1, 0.15) is 28.6 Å². The third-order valence-electron chi connectivity index (χ3n) is 3.29. The first-order chi connectivity index (χ1) is 9.65. The van der Waals surface area contributed by atoms with Crippen LogP contribution in [0.4, 0.5) is 0 Å². The van der Waals surface area contributed by atoms with E-state index in [1.54, 1.807) is 13.0 Å². The van der Waals surface area contributed by atoms with Gasteiger partial charge in [0.2, 0.25) is 0 Å². The van der Waals surface area contributed by atoms with Gasteiger partial charge < -0.3 is 9.73 Å². The van der Waals surface area contributed by atoms with Gasteiger partial charge in [-0.1, -0.05) is 0 Å². The number of rotatable bonds is 4. The summed E-state index contributed by atoms with van der Waals surface area (Å²) in [5.41, 5.74) is 2.87. The number of furan rings is 1. The molecule has 0 saturated carbocycles. The van der Waals surface area contributed by atoms with E-state index in [0.717, 1.165) is 22.8 Å². The summed E-state index contributed by atoms with van der Waals surface area (Å²) in [4.78, 5) is 12.1. The molecule has 0 radical (unpaired) electrons. The second kappa shape index (κ2) is 5.52. The average molecular weight is 309 g/mol. The number of benzene rings is 1. The molecule has 0 spiro atoms. The number of carbonyl (C=O) groups is 1. The smallest absolute Gasteiger partial charge is 0.287 e. The van der Waals surface area contributed by atoms with Gasteiger partial charge in [-0.3, -0.25) is 4.79 Å². The molecule has 1 N–H and O–H groups in total. The molecule has 0 aliphatic heterocycles. The molecular weight excluding hydrogens is 290 g/mol. The molecule has 0 aliphatic rings. The summed E-state index contributed by atoms with van der Waals surface area (Å²) in [5.74, 6) is -0.315. The number of hydrogen-bond donors (Lipinski definition) is 1. The highest BCUT2D eigenvalue weighted by molar-refractivity contribution is 7.90. The number of sulfone groups is 1. The van der Waals surface area contributed by atoms with Gasteiger partial charge in [0.1, 0.15) is 15.4 Å². The molecule has 1 aromatic carbocycles. The summed E-state index contributed by atoms with van der Waals surface area (Å²) in [5, 5.41) is 3.49. The highest BCUT2D eigenvalue weighted by Gasteiger charge is 2.17. The standard InChI is InChI=1S/C15H19NO4S/c1-9-5-12-7-14(20-13(12)6-10(9)2)15(17)16-11(3)8-21(4,18)19/h5-7,11H,8H2,1-4H3,(H,16,17)/t11-/m0/s1. The quantitative estimate of drug-likeness (QED) is 0.939. The number of carbonyl (C=O) groups excluding carboxylic acids is 1. The van der Waals surface area contributed by atoms with Gasteiger partial charge >= 0.3 is 0 Å². The van der Waals surface area contributed by atoms with Gasteiger partial charge in [0, 0.05) is 17.7 Å². The predicted octanol–water partition coefficient (Wildman–Crippen LogP) is 2.21. The number of aryl methyl sites for hydroxylation is 2. The highest BCUT2D eigenvalue weighted by Crippen LogP contribution is 2.23. The highest BCUT2D eigenvalue weighted by atomic mass is 32.2. The molecule has 1 amide bonds. The fourth-order valence-corrected chi connectivity index (χ4v) is 3.20. The van der Waals surface area contributed by atoms with E-state index in [1.807, 2.05) is 26.0 Å². The molecule has 5 nitrogen and oxygen atoms in total. The SMILES string of the molecule is Cc1cc2cc(C(=O)N[C@@H](C)CS(C)(=O)=O)oc2cc1C. The summed E-state index contributed by atoms with van der Waals surface area (Å²) >= 11 is 0. The van der Waals surface area contributed by atoms with E-state index in [-0.39, 0.29) is 11.5 Å². The minimum Gasteiger partial charge on any atom is -0.451 e. The third kappa shape index (κ3) is 3.85. The summed E-state index contributed by atoms with van der Waals surface area (Å²) in [6.07, 6.45) is 1.14. The maximum absolute atomic E-state index is 12.1. The molecule has 2 rings (SSSR count). The Labute approximate surface area is 124 Å². The molecule has 1 atom stereocenters. The van der Waals surface area contributed by atoms with Crippen molar-refractivity contribution >= 4 is 26.7 Å². The van der Waals surface area contributed by atoms with Crippen molar-refractivity contribution in [1.82, 2.24) is 5.32 Å². The second-order valence-corrected chi connectivity index (χ2v) is 7.74. The Morgan fingerprint density at radius 1 is 1.24 bits per heavy atom. The Morgan fingerprint density at radius 2 is 1.86 bits per heavy atom. The topological polar surface area (TPSA) is 76.4 Å². The minimum atomic E-state index is -3.13. The van der Waals surface area contributed by atoms with Gasteiger partial charge in [-0.2, -0.15) is 0 Å². The van der Waals surface area contributed by atoms with Crippen molar-refractivity contribution < 1.29 is 17.6 Å². The molecule has 1 heterocycles. The number of fused-ring (bicyclic) bond motifs is 1. The van der Waals surface area contributed by atoms with Gasteiger partial charge in [-0.05, 0) is 50.1 Å². The van der Waals surface area contributed by atoms with Crippen LogP contribution in [0.5, 0.6) is 0 Å². The first-order valence-electron chi connectivity index (χ1n) is 6.65. The minimum absolute atomic E-state index is 0.100. The number of nitrogens with one attached hydrogen (secondary N) is 1. The van der Waals surface area contributed by atoms with Crippen LogP contribution in [0.25, 0.3) is 11.0 Å². The molecule has 0 saturated heterocycles. The fourth-order valence-electron chi connectivity index (χ4n) is 2.20. The first kappa shape index (κ1) is 15.6. The van der Waals surface area contributed by atoms with Gasteiger partial charge in [-0.15, -0.1) is 0 Å². The second-order valence-electron chi connectivity index (χ2n) is 5.55. The van der Waals surface area contributed by atoms with Crippen LogP contribution >= 0.6 is 0 Å². The van der Waals surface area contributed by atoms with Crippen LogP contribution in [0, 0.1) is 13.8 Å². The van der Waals surface area contributed by atoms with Crippen LogP contribution in [0.15, 0.2) is 22.6 Å². The Kier molecular flexibility index (Phi) is 4.09. The van der Waals surface area contributed by atoms with Crippen molar-refractivity contribution in [1.29, 1.82) is 0 Å². The third-order valence-corrected chi connectivity index (χ3v) is 4.39.